The van der Waals surface area contributed by atoms with Crippen LogP contribution in [0.2, 0.25) is 0 Å². The fourth-order valence-electron chi connectivity index (χ4n) is 3.88. The lowest BCUT2D eigenvalue weighted by atomic mass is 10.00. The van der Waals surface area contributed by atoms with E-state index in [2.05, 4.69) is 60.4 Å². The molecule has 0 aromatic heterocycles. The normalized spacial score (nSPS) is 26.4. The number of guanidine groups is 1. The summed E-state index contributed by atoms with van der Waals surface area (Å²) in [6.45, 7) is 12.3. The van der Waals surface area contributed by atoms with Crippen molar-refractivity contribution in [3.8, 4) is 5.75 Å². The molecule has 2 aliphatic rings. The summed E-state index contributed by atoms with van der Waals surface area (Å²) in [5.41, 5.74) is 1.30. The van der Waals surface area contributed by atoms with E-state index in [0.29, 0.717) is 0 Å². The maximum Gasteiger partial charge on any atom is 0.191 e. The number of rotatable bonds is 5. The Hall–Kier alpha value is -1.79. The van der Waals surface area contributed by atoms with Crippen molar-refractivity contribution in [3.63, 3.8) is 0 Å². The van der Waals surface area contributed by atoms with E-state index in [1.54, 1.807) is 0 Å². The van der Waals surface area contributed by atoms with E-state index in [1.807, 2.05) is 19.2 Å². The van der Waals surface area contributed by atoms with E-state index in [-0.39, 0.29) is 23.9 Å². The smallest absolute Gasteiger partial charge is 0.191 e. The molecule has 150 valence electrons. The van der Waals surface area contributed by atoms with Gasteiger partial charge in [0.05, 0.1) is 18.8 Å². The van der Waals surface area contributed by atoms with Gasteiger partial charge in [0.1, 0.15) is 11.9 Å². The van der Waals surface area contributed by atoms with Crippen LogP contribution in [0.4, 0.5) is 0 Å². The number of hydrogen-bond donors (Lipinski definition) is 2. The highest BCUT2D eigenvalue weighted by molar-refractivity contribution is 5.79. The monoisotopic (exact) mass is 374 g/mol. The predicted octanol–water partition coefficient (Wildman–Crippen LogP) is 2.04. The lowest BCUT2D eigenvalue weighted by Gasteiger charge is -2.45. The van der Waals surface area contributed by atoms with Crippen LogP contribution < -0.4 is 15.4 Å². The molecule has 1 saturated heterocycles. The first-order chi connectivity index (χ1) is 12.9. The van der Waals surface area contributed by atoms with Gasteiger partial charge in [-0.15, -0.1) is 0 Å². The van der Waals surface area contributed by atoms with Crippen molar-refractivity contribution < 1.29 is 9.47 Å². The van der Waals surface area contributed by atoms with Crippen LogP contribution in [0.15, 0.2) is 29.3 Å². The molecule has 0 amide bonds. The molecule has 0 saturated carbocycles. The molecule has 2 heterocycles. The summed E-state index contributed by atoms with van der Waals surface area (Å²) in [5.74, 6) is 1.82. The van der Waals surface area contributed by atoms with Gasteiger partial charge in [-0.05, 0) is 39.3 Å². The van der Waals surface area contributed by atoms with Crippen LogP contribution in [0, 0.1) is 0 Å². The Morgan fingerprint density at radius 3 is 2.56 bits per heavy atom. The Morgan fingerprint density at radius 1 is 1.19 bits per heavy atom. The zero-order valence-corrected chi connectivity index (χ0v) is 17.3. The van der Waals surface area contributed by atoms with Crippen LogP contribution in [-0.2, 0) is 11.2 Å². The molecule has 27 heavy (non-hydrogen) atoms. The lowest BCUT2D eigenvalue weighted by molar-refractivity contribution is -0.0946. The third-order valence-electron chi connectivity index (χ3n) is 5.40. The molecular weight excluding hydrogens is 340 g/mol. The Kier molecular flexibility index (Phi) is 6.27. The third kappa shape index (κ3) is 5.14. The molecule has 1 aromatic carbocycles. The number of para-hydroxylation sites is 1. The van der Waals surface area contributed by atoms with Crippen LogP contribution in [0.1, 0.15) is 33.3 Å². The molecule has 0 spiro atoms. The number of aliphatic imine (C=N–C) groups is 1. The van der Waals surface area contributed by atoms with Gasteiger partial charge in [0.2, 0.25) is 0 Å². The van der Waals surface area contributed by atoms with Crippen LogP contribution in [0.5, 0.6) is 5.75 Å². The van der Waals surface area contributed by atoms with Crippen molar-refractivity contribution >= 4 is 5.96 Å². The topological polar surface area (TPSA) is 58.1 Å². The van der Waals surface area contributed by atoms with Crippen LogP contribution in [0.25, 0.3) is 0 Å². The number of ether oxygens (including phenoxy) is 2. The summed E-state index contributed by atoms with van der Waals surface area (Å²) in [7, 11) is 1.81. The first-order valence-electron chi connectivity index (χ1n) is 9.97. The summed E-state index contributed by atoms with van der Waals surface area (Å²) < 4.78 is 11.9. The maximum absolute atomic E-state index is 6.00. The number of hydrogen-bond acceptors (Lipinski definition) is 4. The quantitative estimate of drug-likeness (QED) is 0.610. The van der Waals surface area contributed by atoms with E-state index < -0.39 is 0 Å². The van der Waals surface area contributed by atoms with Gasteiger partial charge >= 0.3 is 0 Å². The zero-order chi connectivity index (χ0) is 19.4. The van der Waals surface area contributed by atoms with Gasteiger partial charge in [0.15, 0.2) is 5.96 Å². The first-order valence-corrected chi connectivity index (χ1v) is 9.97. The average Bonchev–Trinajstić information content (AvgIpc) is 3.04. The van der Waals surface area contributed by atoms with Gasteiger partial charge in [0.25, 0.3) is 0 Å². The van der Waals surface area contributed by atoms with Crippen molar-refractivity contribution in [2.45, 2.75) is 58.0 Å². The molecule has 2 aliphatic heterocycles. The second-order valence-corrected chi connectivity index (χ2v) is 8.33. The van der Waals surface area contributed by atoms with Gasteiger partial charge in [-0.1, -0.05) is 18.2 Å². The average molecular weight is 375 g/mol. The molecule has 3 rings (SSSR count). The van der Waals surface area contributed by atoms with Gasteiger partial charge in [-0.2, -0.15) is 0 Å². The summed E-state index contributed by atoms with van der Waals surface area (Å²) in [4.78, 5) is 6.87. The lowest BCUT2D eigenvalue weighted by Crippen LogP contribution is -2.59. The number of nitrogens with zero attached hydrogens (tertiary/aromatic N) is 2. The summed E-state index contributed by atoms with van der Waals surface area (Å²) in [6, 6.07) is 8.25. The second-order valence-electron chi connectivity index (χ2n) is 8.33. The van der Waals surface area contributed by atoms with E-state index in [9.17, 15) is 0 Å². The van der Waals surface area contributed by atoms with Gasteiger partial charge < -0.3 is 20.1 Å². The highest BCUT2D eigenvalue weighted by Crippen LogP contribution is 2.27. The third-order valence-corrected chi connectivity index (χ3v) is 5.40. The van der Waals surface area contributed by atoms with E-state index in [4.69, 9.17) is 9.47 Å². The molecule has 1 fully saturated rings. The Labute approximate surface area is 163 Å². The number of fused-ring (bicyclic) bond motifs is 1. The molecule has 3 unspecified atom stereocenters. The minimum absolute atomic E-state index is 0.0179. The molecule has 6 heteroatoms. The SMILES string of the molecule is CN=C(NCC1Cc2ccccc2O1)NCC(C)(C)N1CC(C)OC(C)C1. The zero-order valence-electron chi connectivity index (χ0n) is 17.3. The fraction of sp³-hybridized carbons (Fsp3) is 0.667. The Balaban J connectivity index is 1.46. The molecule has 2 N–H and O–H groups in total. The number of benzene rings is 1. The van der Waals surface area contributed by atoms with E-state index in [1.165, 1.54) is 5.56 Å². The number of nitrogens with one attached hydrogen (secondary N) is 2. The minimum Gasteiger partial charge on any atom is -0.488 e. The Morgan fingerprint density at radius 2 is 1.89 bits per heavy atom. The van der Waals surface area contributed by atoms with Crippen molar-refractivity contribution in [1.29, 1.82) is 0 Å². The van der Waals surface area contributed by atoms with Gasteiger partial charge in [0, 0.05) is 38.6 Å². The largest absolute Gasteiger partial charge is 0.488 e. The van der Waals surface area contributed by atoms with Crippen molar-refractivity contribution in [1.82, 2.24) is 15.5 Å². The van der Waals surface area contributed by atoms with Crippen LogP contribution in [0.3, 0.4) is 0 Å². The van der Waals surface area contributed by atoms with Crippen molar-refractivity contribution in [2.75, 3.05) is 33.2 Å². The standard InChI is InChI=1S/C21H34N4O2/c1-15-12-25(13-16(2)26-15)21(3,4)14-24-20(22-5)23-11-18-10-17-8-6-7-9-19(17)27-18/h6-9,15-16,18H,10-14H2,1-5H3,(H2,22,23,24). The van der Waals surface area contributed by atoms with Crippen molar-refractivity contribution in [3.05, 3.63) is 29.8 Å². The number of morpholine rings is 1. The van der Waals surface area contributed by atoms with E-state index >= 15 is 0 Å². The first kappa shape index (κ1) is 20.0. The predicted molar refractivity (Wildman–Crippen MR) is 110 cm³/mol. The molecular formula is C21H34N4O2. The van der Waals surface area contributed by atoms with Gasteiger partial charge in [-0.3, -0.25) is 9.89 Å². The molecule has 0 bridgehead atoms. The highest BCUT2D eigenvalue weighted by atomic mass is 16.5. The molecule has 6 nitrogen and oxygen atoms in total. The maximum atomic E-state index is 6.00. The molecule has 0 radical (unpaired) electrons. The van der Waals surface area contributed by atoms with E-state index in [0.717, 1.165) is 44.3 Å². The van der Waals surface area contributed by atoms with Crippen molar-refractivity contribution in [2.24, 2.45) is 4.99 Å². The van der Waals surface area contributed by atoms with Gasteiger partial charge in [-0.25, -0.2) is 0 Å². The minimum atomic E-state index is 0.0179. The van der Waals surface area contributed by atoms with Crippen LogP contribution in [-0.4, -0.2) is 67.9 Å². The van der Waals surface area contributed by atoms with Crippen LogP contribution >= 0.6 is 0 Å². The second kappa shape index (κ2) is 8.48. The Bertz CT molecular complexity index is 626. The molecule has 0 aliphatic carbocycles. The molecule has 1 aromatic rings. The highest BCUT2D eigenvalue weighted by Gasteiger charge is 2.33. The summed E-state index contributed by atoms with van der Waals surface area (Å²) in [6.07, 6.45) is 1.63. The molecule has 3 atom stereocenters. The summed E-state index contributed by atoms with van der Waals surface area (Å²) in [5, 5.41) is 6.89. The fourth-order valence-corrected chi connectivity index (χ4v) is 3.88. The summed E-state index contributed by atoms with van der Waals surface area (Å²) >= 11 is 0.